The van der Waals surface area contributed by atoms with Gasteiger partial charge in [-0.1, -0.05) is 24.3 Å². The Morgan fingerprint density at radius 3 is 2.84 bits per heavy atom. The molecule has 1 aliphatic carbocycles. The second-order valence-corrected chi connectivity index (χ2v) is 5.13. The first-order valence-electron chi connectivity index (χ1n) is 6.69. The van der Waals surface area contributed by atoms with Crippen LogP contribution in [0.2, 0.25) is 0 Å². The molecule has 1 fully saturated rings. The lowest BCUT2D eigenvalue weighted by atomic mass is 9.73. The van der Waals surface area contributed by atoms with Crippen molar-refractivity contribution in [2.24, 2.45) is 10.4 Å². The number of hydrogen-bond donors (Lipinski definition) is 0. The molecule has 0 amide bonds. The summed E-state index contributed by atoms with van der Waals surface area (Å²) >= 11 is 0. The standard InChI is InChI=1S/C15H17N3O/c16-11-13-10-15(4-2-1-3-5-15)14(12-17-13)18-6-8-19-9-7-18/h1-4,12H,5-10H2/t15-/m0/s1. The number of aliphatic imine (C=N–C) groups is 1. The highest BCUT2D eigenvalue weighted by Crippen LogP contribution is 2.43. The van der Waals surface area contributed by atoms with Crippen molar-refractivity contribution >= 4 is 5.71 Å². The van der Waals surface area contributed by atoms with Crippen molar-refractivity contribution in [3.05, 3.63) is 36.2 Å². The van der Waals surface area contributed by atoms with Crippen LogP contribution in [0.1, 0.15) is 12.8 Å². The lowest BCUT2D eigenvalue weighted by Crippen LogP contribution is -2.43. The van der Waals surface area contributed by atoms with Crippen molar-refractivity contribution in [2.75, 3.05) is 26.3 Å². The smallest absolute Gasteiger partial charge is 0.119 e. The van der Waals surface area contributed by atoms with Gasteiger partial charge in [0.2, 0.25) is 0 Å². The molecule has 0 N–H and O–H groups in total. The van der Waals surface area contributed by atoms with Crippen molar-refractivity contribution in [2.45, 2.75) is 12.8 Å². The van der Waals surface area contributed by atoms with Crippen LogP contribution in [0, 0.1) is 16.7 Å². The van der Waals surface area contributed by atoms with Crippen molar-refractivity contribution in [3.63, 3.8) is 0 Å². The molecule has 0 radical (unpaired) electrons. The average molecular weight is 255 g/mol. The fourth-order valence-corrected chi connectivity index (χ4v) is 2.96. The highest BCUT2D eigenvalue weighted by molar-refractivity contribution is 6.00. The van der Waals surface area contributed by atoms with Gasteiger partial charge in [-0.25, -0.2) is 4.99 Å². The molecule has 3 aliphatic rings. The lowest BCUT2D eigenvalue weighted by Gasteiger charge is -2.43. The maximum absolute atomic E-state index is 9.12. The Bertz CT molecular complexity index is 518. The summed E-state index contributed by atoms with van der Waals surface area (Å²) in [6.45, 7) is 3.34. The van der Waals surface area contributed by atoms with Crippen molar-refractivity contribution < 1.29 is 4.74 Å². The van der Waals surface area contributed by atoms with E-state index in [0.29, 0.717) is 12.1 Å². The molecular formula is C15H17N3O. The van der Waals surface area contributed by atoms with Crippen LogP contribution in [0.25, 0.3) is 0 Å². The van der Waals surface area contributed by atoms with Crippen LogP contribution in [0.4, 0.5) is 0 Å². The van der Waals surface area contributed by atoms with E-state index in [1.807, 2.05) is 6.20 Å². The minimum Gasteiger partial charge on any atom is -0.378 e. The summed E-state index contributed by atoms with van der Waals surface area (Å²) in [6.07, 6.45) is 12.1. The number of ether oxygens (including phenoxy) is 1. The molecule has 19 heavy (non-hydrogen) atoms. The third-order valence-corrected chi connectivity index (χ3v) is 3.96. The number of hydrogen-bond acceptors (Lipinski definition) is 4. The van der Waals surface area contributed by atoms with Gasteiger partial charge in [0.1, 0.15) is 11.8 Å². The minimum atomic E-state index is -0.0844. The maximum Gasteiger partial charge on any atom is 0.119 e. The highest BCUT2D eigenvalue weighted by atomic mass is 16.5. The fraction of sp³-hybridized carbons (Fsp3) is 0.467. The Labute approximate surface area is 113 Å². The van der Waals surface area contributed by atoms with Gasteiger partial charge in [0.25, 0.3) is 0 Å². The van der Waals surface area contributed by atoms with Gasteiger partial charge < -0.3 is 9.64 Å². The zero-order chi connectivity index (χ0) is 13.1. The molecule has 2 heterocycles. The highest BCUT2D eigenvalue weighted by Gasteiger charge is 2.38. The van der Waals surface area contributed by atoms with Gasteiger partial charge in [-0.15, -0.1) is 0 Å². The Morgan fingerprint density at radius 1 is 1.32 bits per heavy atom. The van der Waals surface area contributed by atoms with E-state index in [1.54, 1.807) is 0 Å². The largest absolute Gasteiger partial charge is 0.378 e. The van der Waals surface area contributed by atoms with E-state index < -0.39 is 0 Å². The van der Waals surface area contributed by atoms with Gasteiger partial charge in [0.15, 0.2) is 0 Å². The molecule has 3 rings (SSSR count). The number of rotatable bonds is 1. The zero-order valence-corrected chi connectivity index (χ0v) is 10.9. The Balaban J connectivity index is 1.95. The summed E-state index contributed by atoms with van der Waals surface area (Å²) in [6, 6.07) is 2.20. The van der Waals surface area contributed by atoms with E-state index in [0.717, 1.165) is 32.7 Å². The van der Waals surface area contributed by atoms with Gasteiger partial charge in [0.05, 0.1) is 13.2 Å². The molecule has 2 aliphatic heterocycles. The molecule has 1 spiro atoms. The number of morpholine rings is 1. The summed E-state index contributed by atoms with van der Waals surface area (Å²) < 4.78 is 5.42. The molecule has 0 saturated carbocycles. The van der Waals surface area contributed by atoms with Crippen LogP contribution >= 0.6 is 0 Å². The van der Waals surface area contributed by atoms with Gasteiger partial charge in [-0.2, -0.15) is 5.26 Å². The Hall–Kier alpha value is -1.86. The minimum absolute atomic E-state index is 0.0844. The number of allylic oxidation sites excluding steroid dienone is 4. The van der Waals surface area contributed by atoms with Crippen molar-refractivity contribution in [1.82, 2.24) is 4.90 Å². The van der Waals surface area contributed by atoms with Crippen LogP contribution in [-0.2, 0) is 4.74 Å². The fourth-order valence-electron chi connectivity index (χ4n) is 2.96. The van der Waals surface area contributed by atoms with E-state index in [1.165, 1.54) is 5.70 Å². The third-order valence-electron chi connectivity index (χ3n) is 3.96. The summed E-state index contributed by atoms with van der Waals surface area (Å²) in [5.74, 6) is 0. The number of nitriles is 1. The summed E-state index contributed by atoms with van der Waals surface area (Å²) in [7, 11) is 0. The molecule has 0 aromatic rings. The molecule has 98 valence electrons. The van der Waals surface area contributed by atoms with Crippen molar-refractivity contribution in [1.29, 1.82) is 5.26 Å². The monoisotopic (exact) mass is 255 g/mol. The van der Waals surface area contributed by atoms with Gasteiger partial charge in [-0.05, 0) is 6.42 Å². The van der Waals surface area contributed by atoms with E-state index in [-0.39, 0.29) is 5.41 Å². The van der Waals surface area contributed by atoms with Crippen LogP contribution in [-0.4, -0.2) is 36.9 Å². The maximum atomic E-state index is 9.12. The Kier molecular flexibility index (Phi) is 3.22. The first-order chi connectivity index (χ1) is 9.34. The lowest BCUT2D eigenvalue weighted by molar-refractivity contribution is 0.0443. The summed E-state index contributed by atoms with van der Waals surface area (Å²) in [5.41, 5.74) is 1.77. The quantitative estimate of drug-likeness (QED) is 0.720. The van der Waals surface area contributed by atoms with Crippen LogP contribution in [0.3, 0.4) is 0 Å². The first kappa shape index (κ1) is 12.2. The van der Waals surface area contributed by atoms with Gasteiger partial charge in [-0.3, -0.25) is 0 Å². The molecule has 1 atom stereocenters. The second kappa shape index (κ2) is 5.02. The molecule has 0 aromatic carbocycles. The molecule has 4 heteroatoms. The summed E-state index contributed by atoms with van der Waals surface area (Å²) in [5, 5.41) is 9.12. The molecule has 0 bridgehead atoms. The Morgan fingerprint density at radius 2 is 2.16 bits per heavy atom. The molecule has 1 saturated heterocycles. The third kappa shape index (κ3) is 2.22. The number of nitrogens with zero attached hydrogens (tertiary/aromatic N) is 3. The topological polar surface area (TPSA) is 48.6 Å². The normalized spacial score (nSPS) is 29.9. The van der Waals surface area contributed by atoms with E-state index in [2.05, 4.69) is 40.3 Å². The summed E-state index contributed by atoms with van der Waals surface area (Å²) in [4.78, 5) is 6.66. The first-order valence-corrected chi connectivity index (χ1v) is 6.69. The van der Waals surface area contributed by atoms with Gasteiger partial charge >= 0.3 is 0 Å². The van der Waals surface area contributed by atoms with Crippen LogP contribution in [0.5, 0.6) is 0 Å². The molecule has 0 aromatic heterocycles. The van der Waals surface area contributed by atoms with E-state index >= 15 is 0 Å². The predicted molar refractivity (Wildman–Crippen MR) is 73.5 cm³/mol. The van der Waals surface area contributed by atoms with E-state index in [9.17, 15) is 0 Å². The van der Waals surface area contributed by atoms with E-state index in [4.69, 9.17) is 10.00 Å². The average Bonchev–Trinajstić information content (AvgIpc) is 2.49. The second-order valence-electron chi connectivity index (χ2n) is 5.13. The zero-order valence-electron chi connectivity index (χ0n) is 10.9. The predicted octanol–water partition coefficient (Wildman–Crippen LogP) is 2.03. The van der Waals surface area contributed by atoms with Gasteiger partial charge in [0, 0.05) is 36.8 Å². The SMILES string of the molecule is N#CC1=NC=C(N2CCOCC2)[C@]2(C=CC=CC2)C1. The van der Waals surface area contributed by atoms with Crippen LogP contribution < -0.4 is 0 Å². The van der Waals surface area contributed by atoms with Crippen LogP contribution in [0.15, 0.2) is 41.2 Å². The molecule has 4 nitrogen and oxygen atoms in total. The molecular weight excluding hydrogens is 238 g/mol. The molecule has 0 unspecified atom stereocenters. The van der Waals surface area contributed by atoms with Crippen molar-refractivity contribution in [3.8, 4) is 6.07 Å².